The van der Waals surface area contributed by atoms with Crippen LogP contribution in [0.5, 0.6) is 5.75 Å². The molecule has 0 saturated carbocycles. The molecule has 1 fully saturated rings. The van der Waals surface area contributed by atoms with Crippen LogP contribution in [0.15, 0.2) is 18.2 Å². The molecule has 1 atom stereocenters. The number of hydrogen-bond acceptors (Lipinski definition) is 3. The second-order valence-electron chi connectivity index (χ2n) is 3.99. The first-order chi connectivity index (χ1) is 7.75. The minimum Gasteiger partial charge on any atom is -0.489 e. The molecule has 0 bridgehead atoms. The van der Waals surface area contributed by atoms with Gasteiger partial charge in [0.2, 0.25) is 0 Å². The molecule has 0 aliphatic carbocycles. The number of benzene rings is 1. The highest BCUT2D eigenvalue weighted by atomic mass is 35.5. The number of halogens is 1. The molecule has 1 heterocycles. The van der Waals surface area contributed by atoms with Crippen molar-refractivity contribution in [3.63, 3.8) is 0 Å². The third kappa shape index (κ3) is 3.03. The van der Waals surface area contributed by atoms with Crippen LogP contribution in [-0.2, 0) is 4.74 Å². The maximum absolute atomic E-state index is 5.99. The Kier molecular flexibility index (Phi) is 3.91. The van der Waals surface area contributed by atoms with Gasteiger partial charge < -0.3 is 15.2 Å². The van der Waals surface area contributed by atoms with Crippen LogP contribution in [0.2, 0.25) is 5.02 Å². The number of rotatable bonds is 3. The van der Waals surface area contributed by atoms with Gasteiger partial charge in [-0.25, -0.2) is 0 Å². The van der Waals surface area contributed by atoms with Crippen molar-refractivity contribution in [1.29, 1.82) is 0 Å². The molecule has 88 valence electrons. The summed E-state index contributed by atoms with van der Waals surface area (Å²) in [6, 6.07) is 5.24. The van der Waals surface area contributed by atoms with Crippen molar-refractivity contribution in [3.05, 3.63) is 23.2 Å². The third-order valence-corrected chi connectivity index (χ3v) is 2.97. The summed E-state index contributed by atoms with van der Waals surface area (Å²) in [5, 5.41) is 0.588. The predicted molar refractivity (Wildman–Crippen MR) is 65.0 cm³/mol. The Morgan fingerprint density at radius 1 is 1.44 bits per heavy atom. The van der Waals surface area contributed by atoms with Crippen molar-refractivity contribution in [3.8, 4) is 5.75 Å². The SMILES string of the molecule is Nc1ccc(Cl)c(OCC2CCCCO2)c1. The van der Waals surface area contributed by atoms with E-state index in [9.17, 15) is 0 Å². The molecule has 1 aromatic rings. The third-order valence-electron chi connectivity index (χ3n) is 2.65. The Morgan fingerprint density at radius 2 is 2.31 bits per heavy atom. The van der Waals surface area contributed by atoms with Gasteiger partial charge in [-0.1, -0.05) is 11.6 Å². The molecular formula is C12H16ClNO2. The number of ether oxygens (including phenoxy) is 2. The van der Waals surface area contributed by atoms with Gasteiger partial charge in [-0.05, 0) is 31.4 Å². The van der Waals surface area contributed by atoms with Crippen LogP contribution in [-0.4, -0.2) is 19.3 Å². The fraction of sp³-hybridized carbons (Fsp3) is 0.500. The highest BCUT2D eigenvalue weighted by Crippen LogP contribution is 2.27. The molecule has 0 aromatic heterocycles. The van der Waals surface area contributed by atoms with E-state index in [-0.39, 0.29) is 6.10 Å². The highest BCUT2D eigenvalue weighted by molar-refractivity contribution is 6.32. The molecule has 1 aromatic carbocycles. The highest BCUT2D eigenvalue weighted by Gasteiger charge is 2.15. The fourth-order valence-electron chi connectivity index (χ4n) is 1.75. The fourth-order valence-corrected chi connectivity index (χ4v) is 1.92. The summed E-state index contributed by atoms with van der Waals surface area (Å²) in [7, 11) is 0. The molecule has 0 amide bonds. The lowest BCUT2D eigenvalue weighted by Crippen LogP contribution is -2.25. The summed E-state index contributed by atoms with van der Waals surface area (Å²) in [6.45, 7) is 1.38. The van der Waals surface area contributed by atoms with Crippen LogP contribution in [0.4, 0.5) is 5.69 Å². The van der Waals surface area contributed by atoms with Crippen molar-refractivity contribution in [2.45, 2.75) is 25.4 Å². The Labute approximate surface area is 100 Å². The lowest BCUT2D eigenvalue weighted by atomic mass is 10.1. The van der Waals surface area contributed by atoms with Gasteiger partial charge >= 0.3 is 0 Å². The van der Waals surface area contributed by atoms with Crippen molar-refractivity contribution in [2.75, 3.05) is 18.9 Å². The first-order valence-electron chi connectivity index (χ1n) is 5.55. The van der Waals surface area contributed by atoms with Crippen LogP contribution in [0, 0.1) is 0 Å². The molecule has 0 radical (unpaired) electrons. The second-order valence-corrected chi connectivity index (χ2v) is 4.40. The Morgan fingerprint density at radius 3 is 3.06 bits per heavy atom. The maximum atomic E-state index is 5.99. The average Bonchev–Trinajstić information content (AvgIpc) is 2.32. The summed E-state index contributed by atoms with van der Waals surface area (Å²) in [5.74, 6) is 0.635. The molecular weight excluding hydrogens is 226 g/mol. The first-order valence-corrected chi connectivity index (χ1v) is 5.93. The zero-order chi connectivity index (χ0) is 11.4. The molecule has 0 spiro atoms. The van der Waals surface area contributed by atoms with E-state index in [1.807, 2.05) is 0 Å². The molecule has 1 aliphatic rings. The average molecular weight is 242 g/mol. The van der Waals surface area contributed by atoms with Crippen LogP contribution in [0.1, 0.15) is 19.3 Å². The lowest BCUT2D eigenvalue weighted by Gasteiger charge is -2.22. The summed E-state index contributed by atoms with van der Waals surface area (Å²) >= 11 is 5.99. The zero-order valence-corrected chi connectivity index (χ0v) is 9.87. The standard InChI is InChI=1S/C12H16ClNO2/c13-11-5-4-9(14)7-12(11)16-8-10-3-1-2-6-15-10/h4-5,7,10H,1-3,6,8,14H2. The quantitative estimate of drug-likeness (QED) is 0.828. The summed E-state index contributed by atoms with van der Waals surface area (Å²) in [4.78, 5) is 0. The van der Waals surface area contributed by atoms with E-state index in [1.165, 1.54) is 6.42 Å². The van der Waals surface area contributed by atoms with Crippen LogP contribution in [0.25, 0.3) is 0 Å². The van der Waals surface area contributed by atoms with Gasteiger partial charge in [-0.2, -0.15) is 0 Å². The number of hydrogen-bond donors (Lipinski definition) is 1. The summed E-state index contributed by atoms with van der Waals surface area (Å²) in [5.41, 5.74) is 6.32. The van der Waals surface area contributed by atoms with Crippen LogP contribution in [0.3, 0.4) is 0 Å². The molecule has 2 N–H and O–H groups in total. The molecule has 4 heteroatoms. The lowest BCUT2D eigenvalue weighted by molar-refractivity contribution is -0.0110. The molecule has 1 aliphatic heterocycles. The van der Waals surface area contributed by atoms with Gasteiger partial charge in [-0.3, -0.25) is 0 Å². The molecule has 1 saturated heterocycles. The summed E-state index contributed by atoms with van der Waals surface area (Å²) in [6.07, 6.45) is 3.60. The predicted octanol–water partition coefficient (Wildman–Crippen LogP) is 2.87. The van der Waals surface area contributed by atoms with Crippen molar-refractivity contribution in [1.82, 2.24) is 0 Å². The Balaban J connectivity index is 1.90. The van der Waals surface area contributed by atoms with E-state index in [1.54, 1.807) is 18.2 Å². The van der Waals surface area contributed by atoms with Gasteiger partial charge in [0.1, 0.15) is 12.4 Å². The van der Waals surface area contributed by atoms with E-state index in [2.05, 4.69) is 0 Å². The number of anilines is 1. The van der Waals surface area contributed by atoms with E-state index in [0.717, 1.165) is 19.4 Å². The topological polar surface area (TPSA) is 44.5 Å². The number of nitrogens with two attached hydrogens (primary N) is 1. The molecule has 16 heavy (non-hydrogen) atoms. The van der Waals surface area contributed by atoms with E-state index in [4.69, 9.17) is 26.8 Å². The summed E-state index contributed by atoms with van der Waals surface area (Å²) < 4.78 is 11.2. The monoisotopic (exact) mass is 241 g/mol. The van der Waals surface area contributed by atoms with Crippen molar-refractivity contribution < 1.29 is 9.47 Å². The second kappa shape index (κ2) is 5.41. The van der Waals surface area contributed by atoms with Gasteiger partial charge in [0.15, 0.2) is 0 Å². The van der Waals surface area contributed by atoms with Gasteiger partial charge in [-0.15, -0.1) is 0 Å². The van der Waals surface area contributed by atoms with Crippen molar-refractivity contribution >= 4 is 17.3 Å². The van der Waals surface area contributed by atoms with E-state index in [0.29, 0.717) is 23.1 Å². The van der Waals surface area contributed by atoms with Gasteiger partial charge in [0.25, 0.3) is 0 Å². The largest absolute Gasteiger partial charge is 0.489 e. The number of nitrogen functional groups attached to an aromatic ring is 1. The smallest absolute Gasteiger partial charge is 0.140 e. The van der Waals surface area contributed by atoms with Crippen molar-refractivity contribution in [2.24, 2.45) is 0 Å². The normalized spacial score (nSPS) is 20.7. The maximum Gasteiger partial charge on any atom is 0.140 e. The molecule has 3 nitrogen and oxygen atoms in total. The van der Waals surface area contributed by atoms with Gasteiger partial charge in [0.05, 0.1) is 11.1 Å². The molecule has 2 rings (SSSR count). The van der Waals surface area contributed by atoms with Crippen LogP contribution < -0.4 is 10.5 Å². The van der Waals surface area contributed by atoms with Gasteiger partial charge in [0, 0.05) is 18.4 Å². The minimum absolute atomic E-state index is 0.186. The Hall–Kier alpha value is -0.930. The first kappa shape index (κ1) is 11.6. The Bertz CT molecular complexity index is 351. The van der Waals surface area contributed by atoms with E-state index >= 15 is 0 Å². The molecule has 1 unspecified atom stereocenters. The zero-order valence-electron chi connectivity index (χ0n) is 9.12. The minimum atomic E-state index is 0.186. The van der Waals surface area contributed by atoms with E-state index < -0.39 is 0 Å². The van der Waals surface area contributed by atoms with Crippen LogP contribution >= 0.6 is 11.6 Å².